The molecule has 1 atom stereocenters. The number of carbonyl (C=O) groups excluding carboxylic acids is 1. The maximum absolute atomic E-state index is 11.9. The van der Waals surface area contributed by atoms with Crippen molar-refractivity contribution in [1.29, 1.82) is 0 Å². The number of aliphatic carboxylic acids is 1. The van der Waals surface area contributed by atoms with Crippen LogP contribution in [-0.4, -0.2) is 23.7 Å². The minimum atomic E-state index is -0.921. The summed E-state index contributed by atoms with van der Waals surface area (Å²) in [5.74, 6) is -1.75. The first kappa shape index (κ1) is 26.7. The van der Waals surface area contributed by atoms with Crippen molar-refractivity contribution in [3.63, 3.8) is 0 Å². The molecule has 4 nitrogen and oxygen atoms in total. The van der Waals surface area contributed by atoms with Crippen molar-refractivity contribution in [3.8, 4) is 0 Å². The molecular weight excluding hydrogens is 352 g/mol. The van der Waals surface area contributed by atoms with Crippen LogP contribution in [0.2, 0.25) is 0 Å². The van der Waals surface area contributed by atoms with Crippen LogP contribution in [0, 0.1) is 5.92 Å². The second-order valence-corrected chi connectivity index (χ2v) is 7.84. The largest absolute Gasteiger partial charge is 0.481 e. The first-order chi connectivity index (χ1) is 13.6. The summed E-state index contributed by atoms with van der Waals surface area (Å²) in [4.78, 5) is 22.9. The van der Waals surface area contributed by atoms with E-state index >= 15 is 0 Å². The van der Waals surface area contributed by atoms with E-state index < -0.39 is 11.9 Å². The van der Waals surface area contributed by atoms with Crippen LogP contribution in [0.15, 0.2) is 12.2 Å². The number of carboxylic acids is 1. The Kier molecular flexibility index (Phi) is 19.5. The van der Waals surface area contributed by atoms with Gasteiger partial charge in [0.25, 0.3) is 0 Å². The van der Waals surface area contributed by atoms with E-state index in [9.17, 15) is 9.59 Å². The average molecular weight is 397 g/mol. The molecule has 0 aromatic carbocycles. The van der Waals surface area contributed by atoms with Gasteiger partial charge in [0.15, 0.2) is 0 Å². The number of carboxylic acid groups (broad SMARTS) is 1. The highest BCUT2D eigenvalue weighted by Gasteiger charge is 2.22. The Bertz CT molecular complexity index is 403. The highest BCUT2D eigenvalue weighted by molar-refractivity contribution is 5.79. The van der Waals surface area contributed by atoms with Gasteiger partial charge >= 0.3 is 11.9 Å². The minimum Gasteiger partial charge on any atom is -0.481 e. The Labute approximate surface area is 173 Å². The average Bonchev–Trinajstić information content (AvgIpc) is 2.67. The van der Waals surface area contributed by atoms with Crippen molar-refractivity contribution in [1.82, 2.24) is 0 Å². The van der Waals surface area contributed by atoms with Gasteiger partial charge in [-0.15, -0.1) is 0 Å². The summed E-state index contributed by atoms with van der Waals surface area (Å²) in [5, 5.41) is 8.97. The van der Waals surface area contributed by atoms with Crippen LogP contribution >= 0.6 is 0 Å². The molecule has 0 spiro atoms. The van der Waals surface area contributed by atoms with Crippen LogP contribution in [0.3, 0.4) is 0 Å². The summed E-state index contributed by atoms with van der Waals surface area (Å²) in [7, 11) is 0. The first-order valence-corrected chi connectivity index (χ1v) is 11.6. The van der Waals surface area contributed by atoms with E-state index in [1.807, 2.05) is 6.92 Å². The van der Waals surface area contributed by atoms with Gasteiger partial charge in [-0.05, 0) is 32.1 Å². The number of rotatable bonds is 20. The Hall–Kier alpha value is -1.32. The summed E-state index contributed by atoms with van der Waals surface area (Å²) < 4.78 is 5.12. The maximum atomic E-state index is 11.9. The molecule has 0 aliphatic carbocycles. The van der Waals surface area contributed by atoms with Gasteiger partial charge in [-0.2, -0.15) is 0 Å². The molecule has 0 rings (SSSR count). The lowest BCUT2D eigenvalue weighted by atomic mass is 9.97. The molecule has 0 amide bonds. The molecule has 0 aromatic rings. The molecule has 0 aromatic heterocycles. The summed E-state index contributed by atoms with van der Waals surface area (Å²) in [6, 6.07) is 0. The molecule has 0 saturated carbocycles. The lowest BCUT2D eigenvalue weighted by Gasteiger charge is -2.13. The van der Waals surface area contributed by atoms with E-state index in [-0.39, 0.29) is 12.4 Å². The van der Waals surface area contributed by atoms with Crippen molar-refractivity contribution < 1.29 is 19.4 Å². The van der Waals surface area contributed by atoms with E-state index in [2.05, 4.69) is 19.1 Å². The molecule has 28 heavy (non-hydrogen) atoms. The zero-order chi connectivity index (χ0) is 20.9. The fraction of sp³-hybridized carbons (Fsp3) is 0.833. The fourth-order valence-electron chi connectivity index (χ4n) is 3.28. The second kappa shape index (κ2) is 20.4. The molecule has 164 valence electrons. The van der Waals surface area contributed by atoms with E-state index in [1.165, 1.54) is 70.6 Å². The topological polar surface area (TPSA) is 63.6 Å². The van der Waals surface area contributed by atoms with E-state index in [0.717, 1.165) is 19.3 Å². The lowest BCUT2D eigenvalue weighted by molar-refractivity contribution is -0.153. The number of hydrogen-bond donors (Lipinski definition) is 1. The van der Waals surface area contributed by atoms with Crippen LogP contribution in [-0.2, 0) is 14.3 Å². The van der Waals surface area contributed by atoms with E-state index in [0.29, 0.717) is 13.0 Å². The molecule has 0 radical (unpaired) electrons. The van der Waals surface area contributed by atoms with Gasteiger partial charge < -0.3 is 9.84 Å². The number of unbranched alkanes of at least 4 members (excludes halogenated alkanes) is 11. The molecule has 1 unspecified atom stereocenters. The summed E-state index contributed by atoms with van der Waals surface area (Å²) in [6.45, 7) is 4.55. The number of carbonyl (C=O) groups is 2. The fourth-order valence-corrected chi connectivity index (χ4v) is 3.28. The molecule has 0 aliphatic rings. The van der Waals surface area contributed by atoms with Crippen LogP contribution in [0.5, 0.6) is 0 Å². The third-order valence-corrected chi connectivity index (χ3v) is 5.02. The quantitative estimate of drug-likeness (QED) is 0.136. The third-order valence-electron chi connectivity index (χ3n) is 5.02. The summed E-state index contributed by atoms with van der Waals surface area (Å²) in [5.41, 5.74) is 0. The highest BCUT2D eigenvalue weighted by Crippen LogP contribution is 2.18. The normalized spacial score (nSPS) is 12.4. The standard InChI is InChI=1S/C24H44O4/c1-3-5-6-7-8-9-10-11-12-13-14-15-16-17-18-19-22(21-23(25)26)24(27)28-20-4-2/h7-8,22H,3-6,9-21H2,1-2H3,(H,25,26)/b8-7+. The predicted molar refractivity (Wildman–Crippen MR) is 116 cm³/mol. The van der Waals surface area contributed by atoms with Crippen LogP contribution < -0.4 is 0 Å². The molecular formula is C24H44O4. The smallest absolute Gasteiger partial charge is 0.309 e. The molecule has 0 aliphatic heterocycles. The van der Waals surface area contributed by atoms with Gasteiger partial charge in [0.05, 0.1) is 18.9 Å². The monoisotopic (exact) mass is 396 g/mol. The van der Waals surface area contributed by atoms with E-state index in [4.69, 9.17) is 9.84 Å². The summed E-state index contributed by atoms with van der Waals surface area (Å²) in [6.07, 6.45) is 21.9. The van der Waals surface area contributed by atoms with Gasteiger partial charge in [-0.1, -0.05) is 90.2 Å². The number of esters is 1. The Morgan fingerprint density at radius 1 is 0.786 bits per heavy atom. The zero-order valence-electron chi connectivity index (χ0n) is 18.4. The molecule has 1 N–H and O–H groups in total. The summed E-state index contributed by atoms with van der Waals surface area (Å²) >= 11 is 0. The van der Waals surface area contributed by atoms with Crippen LogP contribution in [0.4, 0.5) is 0 Å². The Morgan fingerprint density at radius 2 is 1.32 bits per heavy atom. The Morgan fingerprint density at radius 3 is 1.86 bits per heavy atom. The molecule has 4 heteroatoms. The molecule has 0 saturated heterocycles. The van der Waals surface area contributed by atoms with Gasteiger partial charge in [0, 0.05) is 0 Å². The van der Waals surface area contributed by atoms with Crippen molar-refractivity contribution in [3.05, 3.63) is 12.2 Å². The first-order valence-electron chi connectivity index (χ1n) is 11.6. The highest BCUT2D eigenvalue weighted by atomic mass is 16.5. The predicted octanol–water partition coefficient (Wildman–Crippen LogP) is 7.07. The van der Waals surface area contributed by atoms with E-state index in [1.54, 1.807) is 0 Å². The number of ether oxygens (including phenoxy) is 1. The minimum absolute atomic E-state index is 0.115. The van der Waals surface area contributed by atoms with Crippen molar-refractivity contribution in [2.45, 2.75) is 117 Å². The molecule has 0 bridgehead atoms. The lowest BCUT2D eigenvalue weighted by Crippen LogP contribution is -2.21. The SMILES string of the molecule is CCCC/C=C/CCCCCCCCCCCC(CC(=O)O)C(=O)OCCC. The molecule has 0 heterocycles. The van der Waals surface area contributed by atoms with Gasteiger partial charge in [-0.25, -0.2) is 0 Å². The van der Waals surface area contributed by atoms with Crippen molar-refractivity contribution >= 4 is 11.9 Å². The third kappa shape index (κ3) is 18.1. The Balaban J connectivity index is 3.56. The van der Waals surface area contributed by atoms with Gasteiger partial charge in [-0.3, -0.25) is 9.59 Å². The number of hydrogen-bond acceptors (Lipinski definition) is 3. The van der Waals surface area contributed by atoms with Gasteiger partial charge in [0.1, 0.15) is 0 Å². The zero-order valence-corrected chi connectivity index (χ0v) is 18.4. The molecule has 0 fully saturated rings. The maximum Gasteiger partial charge on any atom is 0.309 e. The van der Waals surface area contributed by atoms with Crippen LogP contribution in [0.1, 0.15) is 117 Å². The van der Waals surface area contributed by atoms with Crippen molar-refractivity contribution in [2.24, 2.45) is 5.92 Å². The van der Waals surface area contributed by atoms with Crippen LogP contribution in [0.25, 0.3) is 0 Å². The van der Waals surface area contributed by atoms with Crippen molar-refractivity contribution in [2.75, 3.05) is 6.61 Å². The number of allylic oxidation sites excluding steroid dienone is 2. The second-order valence-electron chi connectivity index (χ2n) is 7.84. The van der Waals surface area contributed by atoms with Gasteiger partial charge in [0.2, 0.25) is 0 Å².